The lowest BCUT2D eigenvalue weighted by Gasteiger charge is -2.42. The average Bonchev–Trinajstić information content (AvgIpc) is 2.60. The van der Waals surface area contributed by atoms with E-state index in [1.54, 1.807) is 7.11 Å². The van der Waals surface area contributed by atoms with E-state index in [0.29, 0.717) is 31.7 Å². The minimum absolute atomic E-state index is 0.0584. The van der Waals surface area contributed by atoms with Gasteiger partial charge >= 0.3 is 0 Å². The van der Waals surface area contributed by atoms with Gasteiger partial charge in [0.15, 0.2) is 0 Å². The van der Waals surface area contributed by atoms with Crippen molar-refractivity contribution in [2.45, 2.75) is 38.1 Å². The van der Waals surface area contributed by atoms with Crippen LogP contribution >= 0.6 is 0 Å². The summed E-state index contributed by atoms with van der Waals surface area (Å²) in [6.45, 7) is 3.85. The molecule has 1 aliphatic heterocycles. The van der Waals surface area contributed by atoms with Gasteiger partial charge in [-0.15, -0.1) is 0 Å². The third-order valence-corrected chi connectivity index (χ3v) is 4.58. The minimum atomic E-state index is -0.298. The molecule has 0 aromatic heterocycles. The molecule has 0 unspecified atom stereocenters. The highest BCUT2D eigenvalue weighted by Gasteiger charge is 2.36. The van der Waals surface area contributed by atoms with E-state index in [9.17, 15) is 9.59 Å². The fourth-order valence-corrected chi connectivity index (χ4v) is 3.05. The number of nitrogens with one attached hydrogen (secondary N) is 1. The average molecular weight is 318 g/mol. The maximum Gasteiger partial charge on any atom is 0.251 e. The number of hydrogen-bond acceptors (Lipinski definition) is 3. The molecule has 5 nitrogen and oxygen atoms in total. The third-order valence-electron chi connectivity index (χ3n) is 4.58. The molecule has 0 bridgehead atoms. The number of likely N-dealkylation sites (tertiary alicyclic amines) is 1. The summed E-state index contributed by atoms with van der Waals surface area (Å²) in [6, 6.07) is 9.25. The normalized spacial score (nSPS) is 16.9. The van der Waals surface area contributed by atoms with Crippen LogP contribution < -0.4 is 5.32 Å². The number of methoxy groups -OCH3 is 1. The molecule has 1 fully saturated rings. The molecule has 1 aromatic carbocycles. The van der Waals surface area contributed by atoms with Crippen molar-refractivity contribution < 1.29 is 14.3 Å². The monoisotopic (exact) mass is 318 g/mol. The van der Waals surface area contributed by atoms with Gasteiger partial charge in [-0.3, -0.25) is 9.59 Å². The first-order chi connectivity index (χ1) is 11.1. The van der Waals surface area contributed by atoms with Gasteiger partial charge in [-0.1, -0.05) is 25.1 Å². The van der Waals surface area contributed by atoms with Crippen molar-refractivity contribution in [3.05, 3.63) is 35.9 Å². The van der Waals surface area contributed by atoms with Crippen LogP contribution in [0.25, 0.3) is 0 Å². The molecule has 23 heavy (non-hydrogen) atoms. The predicted octanol–water partition coefficient (Wildman–Crippen LogP) is 2.22. The van der Waals surface area contributed by atoms with E-state index in [1.807, 2.05) is 42.2 Å². The lowest BCUT2D eigenvalue weighted by Crippen LogP contribution is -2.56. The van der Waals surface area contributed by atoms with Crippen LogP contribution in [0.2, 0.25) is 0 Å². The number of hydrogen-bond donors (Lipinski definition) is 1. The Hall–Kier alpha value is -1.88. The smallest absolute Gasteiger partial charge is 0.251 e. The van der Waals surface area contributed by atoms with E-state index in [2.05, 4.69) is 5.32 Å². The molecule has 1 aromatic rings. The van der Waals surface area contributed by atoms with Crippen molar-refractivity contribution in [3.63, 3.8) is 0 Å². The van der Waals surface area contributed by atoms with Crippen molar-refractivity contribution in [2.24, 2.45) is 0 Å². The van der Waals surface area contributed by atoms with Crippen LogP contribution in [0.5, 0.6) is 0 Å². The van der Waals surface area contributed by atoms with Crippen LogP contribution in [-0.2, 0) is 9.53 Å². The van der Waals surface area contributed by atoms with Gasteiger partial charge in [0, 0.05) is 44.3 Å². The molecule has 1 saturated heterocycles. The quantitative estimate of drug-likeness (QED) is 0.875. The first-order valence-corrected chi connectivity index (χ1v) is 8.24. The van der Waals surface area contributed by atoms with Crippen molar-refractivity contribution in [3.8, 4) is 0 Å². The Morgan fingerprint density at radius 1 is 1.22 bits per heavy atom. The lowest BCUT2D eigenvalue weighted by molar-refractivity contribution is -0.132. The molecule has 5 heteroatoms. The largest absolute Gasteiger partial charge is 0.385 e. The second-order valence-electron chi connectivity index (χ2n) is 6.08. The van der Waals surface area contributed by atoms with Crippen LogP contribution in [0.15, 0.2) is 30.3 Å². The summed E-state index contributed by atoms with van der Waals surface area (Å²) < 4.78 is 5.22. The maximum atomic E-state index is 12.5. The van der Waals surface area contributed by atoms with Gasteiger partial charge in [0.2, 0.25) is 5.91 Å². The SMILES string of the molecule is CCC(=O)N1CCC(CCOC)(NC(=O)c2ccccc2)CC1. The highest BCUT2D eigenvalue weighted by molar-refractivity contribution is 5.94. The predicted molar refractivity (Wildman–Crippen MR) is 89.2 cm³/mol. The second-order valence-corrected chi connectivity index (χ2v) is 6.08. The Balaban J connectivity index is 2.05. The summed E-state index contributed by atoms with van der Waals surface area (Å²) in [5.74, 6) is 0.122. The van der Waals surface area contributed by atoms with Gasteiger partial charge in [-0.25, -0.2) is 0 Å². The van der Waals surface area contributed by atoms with Crippen LogP contribution in [-0.4, -0.2) is 49.1 Å². The highest BCUT2D eigenvalue weighted by Crippen LogP contribution is 2.27. The summed E-state index contributed by atoms with van der Waals surface area (Å²) >= 11 is 0. The Morgan fingerprint density at radius 2 is 1.87 bits per heavy atom. The standard InChI is InChI=1S/C18H26N2O3/c1-3-16(21)20-12-9-18(10-13-20,11-14-23-2)19-17(22)15-7-5-4-6-8-15/h4-8H,3,9-14H2,1-2H3,(H,19,22). The zero-order valence-electron chi connectivity index (χ0n) is 14.0. The molecule has 1 aliphatic rings. The summed E-state index contributed by atoms with van der Waals surface area (Å²) in [7, 11) is 1.67. The Labute approximate surface area is 138 Å². The molecule has 126 valence electrons. The van der Waals surface area contributed by atoms with Crippen LogP contribution in [0.3, 0.4) is 0 Å². The number of nitrogens with zero attached hydrogens (tertiary/aromatic N) is 1. The third kappa shape index (κ3) is 4.55. The molecule has 0 saturated carbocycles. The lowest BCUT2D eigenvalue weighted by atomic mass is 9.84. The van der Waals surface area contributed by atoms with E-state index in [1.165, 1.54) is 0 Å². The number of ether oxygens (including phenoxy) is 1. The summed E-state index contributed by atoms with van der Waals surface area (Å²) in [6.07, 6.45) is 2.82. The minimum Gasteiger partial charge on any atom is -0.385 e. The second kappa shape index (κ2) is 8.11. The molecule has 2 amide bonds. The van der Waals surface area contributed by atoms with E-state index in [0.717, 1.165) is 19.3 Å². The molecule has 1 N–H and O–H groups in total. The van der Waals surface area contributed by atoms with Crippen molar-refractivity contribution in [2.75, 3.05) is 26.8 Å². The molecular formula is C18H26N2O3. The number of rotatable bonds is 6. The van der Waals surface area contributed by atoms with Gasteiger partial charge in [0.05, 0.1) is 0 Å². The first kappa shape index (κ1) is 17.5. The zero-order valence-corrected chi connectivity index (χ0v) is 14.0. The van der Waals surface area contributed by atoms with Gasteiger partial charge in [0.25, 0.3) is 5.91 Å². The molecule has 0 atom stereocenters. The van der Waals surface area contributed by atoms with Gasteiger partial charge in [-0.05, 0) is 31.4 Å². The van der Waals surface area contributed by atoms with E-state index in [4.69, 9.17) is 4.74 Å². The van der Waals surface area contributed by atoms with Gasteiger partial charge in [-0.2, -0.15) is 0 Å². The van der Waals surface area contributed by atoms with Crippen molar-refractivity contribution in [1.82, 2.24) is 10.2 Å². The van der Waals surface area contributed by atoms with E-state index >= 15 is 0 Å². The Bertz CT molecular complexity index is 522. The molecule has 0 aliphatic carbocycles. The molecule has 1 heterocycles. The Kier molecular flexibility index (Phi) is 6.16. The summed E-state index contributed by atoms with van der Waals surface area (Å²) in [5.41, 5.74) is 0.365. The van der Waals surface area contributed by atoms with Gasteiger partial charge < -0.3 is 15.0 Å². The number of piperidine rings is 1. The fourth-order valence-electron chi connectivity index (χ4n) is 3.05. The van der Waals surface area contributed by atoms with Crippen LogP contribution in [0, 0.1) is 0 Å². The molecule has 0 spiro atoms. The van der Waals surface area contributed by atoms with Crippen molar-refractivity contribution in [1.29, 1.82) is 0 Å². The van der Waals surface area contributed by atoms with Gasteiger partial charge in [0.1, 0.15) is 0 Å². The number of carbonyl (C=O) groups is 2. The number of carbonyl (C=O) groups excluding carboxylic acids is 2. The summed E-state index contributed by atoms with van der Waals surface area (Å²) in [5, 5.41) is 3.20. The zero-order chi connectivity index (χ0) is 16.7. The molecular weight excluding hydrogens is 292 g/mol. The first-order valence-electron chi connectivity index (χ1n) is 8.24. The van der Waals surface area contributed by atoms with Crippen LogP contribution in [0.4, 0.5) is 0 Å². The molecule has 2 rings (SSSR count). The maximum absolute atomic E-state index is 12.5. The number of benzene rings is 1. The van der Waals surface area contributed by atoms with Crippen molar-refractivity contribution >= 4 is 11.8 Å². The topological polar surface area (TPSA) is 58.6 Å². The fraction of sp³-hybridized carbons (Fsp3) is 0.556. The Morgan fingerprint density at radius 3 is 2.43 bits per heavy atom. The van der Waals surface area contributed by atoms with E-state index < -0.39 is 0 Å². The van der Waals surface area contributed by atoms with E-state index in [-0.39, 0.29) is 17.4 Å². The number of amides is 2. The molecule has 0 radical (unpaired) electrons. The van der Waals surface area contributed by atoms with Crippen LogP contribution in [0.1, 0.15) is 43.0 Å². The summed E-state index contributed by atoms with van der Waals surface area (Å²) in [4.78, 5) is 26.3. The highest BCUT2D eigenvalue weighted by atomic mass is 16.5.